The fourth-order valence-corrected chi connectivity index (χ4v) is 2.04. The Morgan fingerprint density at radius 1 is 1.38 bits per heavy atom. The van der Waals surface area contributed by atoms with Crippen LogP contribution in [0.2, 0.25) is 0 Å². The molecule has 82 valence electrons. The molecular formula is C12H11BrN2O. The summed E-state index contributed by atoms with van der Waals surface area (Å²) in [4.78, 5) is 17.6. The summed E-state index contributed by atoms with van der Waals surface area (Å²) in [5.74, 6) is 0.335. The van der Waals surface area contributed by atoms with Gasteiger partial charge in [0.15, 0.2) is 12.1 Å². The molecule has 0 fully saturated rings. The third-order valence-corrected chi connectivity index (χ3v) is 3.00. The van der Waals surface area contributed by atoms with Crippen molar-refractivity contribution in [3.63, 3.8) is 0 Å². The molecule has 3 nitrogen and oxygen atoms in total. The van der Waals surface area contributed by atoms with E-state index < -0.39 is 0 Å². The van der Waals surface area contributed by atoms with Crippen LogP contribution in [0.1, 0.15) is 23.1 Å². The quantitative estimate of drug-likeness (QED) is 0.877. The lowest BCUT2D eigenvalue weighted by atomic mass is 10.1. The van der Waals surface area contributed by atoms with Crippen molar-refractivity contribution in [3.05, 3.63) is 40.3 Å². The molecule has 0 radical (unpaired) electrons. The maximum Gasteiger partial charge on any atom is 0.185 e. The first-order chi connectivity index (χ1) is 7.74. The van der Waals surface area contributed by atoms with Gasteiger partial charge in [-0.25, -0.2) is 4.98 Å². The lowest BCUT2D eigenvalue weighted by Crippen LogP contribution is -1.83. The number of nitrogens with one attached hydrogen (secondary N) is 1. The Balaban J connectivity index is 2.41. The van der Waals surface area contributed by atoms with E-state index in [0.717, 1.165) is 22.3 Å². The van der Waals surface area contributed by atoms with Crippen molar-refractivity contribution in [2.45, 2.75) is 13.3 Å². The molecule has 0 aliphatic rings. The van der Waals surface area contributed by atoms with Crippen LogP contribution < -0.4 is 0 Å². The molecule has 2 aromatic rings. The Morgan fingerprint density at radius 3 is 2.56 bits per heavy atom. The molecular weight excluding hydrogens is 268 g/mol. The number of aldehydes is 1. The highest BCUT2D eigenvalue weighted by Gasteiger charge is 2.09. The van der Waals surface area contributed by atoms with Gasteiger partial charge in [-0.1, -0.05) is 31.2 Å². The predicted octanol–water partition coefficient (Wildman–Crippen LogP) is 3.21. The lowest BCUT2D eigenvalue weighted by Gasteiger charge is -1.99. The summed E-state index contributed by atoms with van der Waals surface area (Å²) in [6.45, 7) is 2.12. The Morgan fingerprint density at radius 2 is 2.06 bits per heavy atom. The van der Waals surface area contributed by atoms with Crippen molar-refractivity contribution in [1.29, 1.82) is 0 Å². The highest BCUT2D eigenvalue weighted by molar-refractivity contribution is 9.10. The van der Waals surface area contributed by atoms with Gasteiger partial charge in [0.25, 0.3) is 0 Å². The maximum atomic E-state index is 10.6. The molecule has 0 atom stereocenters. The Kier molecular flexibility index (Phi) is 3.19. The van der Waals surface area contributed by atoms with Crippen LogP contribution in [0, 0.1) is 0 Å². The first-order valence-electron chi connectivity index (χ1n) is 5.04. The summed E-state index contributed by atoms with van der Waals surface area (Å²) in [6.07, 6.45) is 1.72. The van der Waals surface area contributed by atoms with Crippen LogP contribution in [0.3, 0.4) is 0 Å². The summed E-state index contributed by atoms with van der Waals surface area (Å²) in [7, 11) is 0. The first-order valence-corrected chi connectivity index (χ1v) is 5.84. The van der Waals surface area contributed by atoms with Crippen LogP contribution >= 0.6 is 15.9 Å². The fourth-order valence-electron chi connectivity index (χ4n) is 1.51. The number of nitrogens with zero attached hydrogens (tertiary/aromatic N) is 1. The van der Waals surface area contributed by atoms with E-state index in [9.17, 15) is 4.79 Å². The van der Waals surface area contributed by atoms with Gasteiger partial charge >= 0.3 is 0 Å². The number of aryl methyl sites for hydroxylation is 1. The monoisotopic (exact) mass is 278 g/mol. The average Bonchev–Trinajstić information content (AvgIpc) is 2.71. The zero-order valence-corrected chi connectivity index (χ0v) is 10.4. The van der Waals surface area contributed by atoms with Gasteiger partial charge < -0.3 is 4.98 Å². The number of benzene rings is 1. The number of hydrogen-bond donors (Lipinski definition) is 1. The molecule has 0 aliphatic heterocycles. The molecule has 16 heavy (non-hydrogen) atoms. The van der Waals surface area contributed by atoms with E-state index in [1.807, 2.05) is 12.1 Å². The number of rotatable bonds is 3. The number of H-pyrrole nitrogens is 1. The molecule has 1 aromatic heterocycles. The highest BCUT2D eigenvalue weighted by atomic mass is 79.9. The molecule has 0 saturated carbocycles. The molecule has 0 amide bonds. The summed E-state index contributed by atoms with van der Waals surface area (Å²) in [5.41, 5.74) is 3.05. The molecule has 0 saturated heterocycles. The molecule has 0 spiro atoms. The van der Waals surface area contributed by atoms with Gasteiger partial charge in [0.05, 0.1) is 0 Å². The standard InChI is InChI=1S/C12H11BrN2O/c1-2-8-3-5-9(6-4-8)11-12(13)15-10(7-16)14-11/h3-7H,2H2,1H3,(H,14,15). The largest absolute Gasteiger partial charge is 0.330 e. The first kappa shape index (κ1) is 11.1. The SMILES string of the molecule is CCc1ccc(-c2nc(C=O)[nH]c2Br)cc1. The van der Waals surface area contributed by atoms with E-state index in [1.165, 1.54) is 5.56 Å². The second-order valence-corrected chi connectivity index (χ2v) is 4.25. The summed E-state index contributed by atoms with van der Waals surface area (Å²) in [6, 6.07) is 8.15. The highest BCUT2D eigenvalue weighted by Crippen LogP contribution is 2.25. The van der Waals surface area contributed by atoms with E-state index >= 15 is 0 Å². The number of imidazole rings is 1. The van der Waals surface area contributed by atoms with Crippen molar-refractivity contribution in [1.82, 2.24) is 9.97 Å². The van der Waals surface area contributed by atoms with Crippen LogP contribution in [-0.2, 0) is 6.42 Å². The molecule has 0 bridgehead atoms. The van der Waals surface area contributed by atoms with Crippen molar-refractivity contribution in [3.8, 4) is 11.3 Å². The van der Waals surface area contributed by atoms with Crippen LogP contribution in [0.25, 0.3) is 11.3 Å². The van der Waals surface area contributed by atoms with Gasteiger partial charge in [-0.3, -0.25) is 4.79 Å². The van der Waals surface area contributed by atoms with Crippen LogP contribution in [0.5, 0.6) is 0 Å². The Hall–Kier alpha value is -1.42. The van der Waals surface area contributed by atoms with E-state index in [2.05, 4.69) is 45.0 Å². The van der Waals surface area contributed by atoms with Gasteiger partial charge in [-0.15, -0.1) is 0 Å². The summed E-state index contributed by atoms with van der Waals surface area (Å²) in [5, 5.41) is 0. The molecule has 1 heterocycles. The number of aromatic amines is 1. The normalized spacial score (nSPS) is 10.4. The van der Waals surface area contributed by atoms with E-state index in [4.69, 9.17) is 0 Å². The molecule has 0 unspecified atom stereocenters. The fraction of sp³-hybridized carbons (Fsp3) is 0.167. The summed E-state index contributed by atoms with van der Waals surface area (Å²) < 4.78 is 0.735. The maximum absolute atomic E-state index is 10.6. The lowest BCUT2D eigenvalue weighted by molar-refractivity contribution is 0.111. The third kappa shape index (κ3) is 2.07. The third-order valence-electron chi connectivity index (χ3n) is 2.43. The van der Waals surface area contributed by atoms with Gasteiger partial charge in [0.1, 0.15) is 10.3 Å². The molecule has 0 aliphatic carbocycles. The number of carbonyl (C=O) groups is 1. The second-order valence-electron chi connectivity index (χ2n) is 3.45. The van der Waals surface area contributed by atoms with Crippen molar-refractivity contribution < 1.29 is 4.79 Å². The molecule has 1 N–H and O–H groups in total. The number of carbonyl (C=O) groups excluding carboxylic acids is 1. The minimum Gasteiger partial charge on any atom is -0.330 e. The van der Waals surface area contributed by atoms with Crippen LogP contribution in [0.4, 0.5) is 0 Å². The van der Waals surface area contributed by atoms with Crippen molar-refractivity contribution in [2.24, 2.45) is 0 Å². The van der Waals surface area contributed by atoms with Crippen LogP contribution in [-0.4, -0.2) is 16.3 Å². The molecule has 2 rings (SSSR count). The molecule has 4 heteroatoms. The Bertz CT molecular complexity index is 502. The number of halogens is 1. The van der Waals surface area contributed by atoms with Gasteiger partial charge in [0, 0.05) is 5.56 Å². The smallest absolute Gasteiger partial charge is 0.185 e. The number of hydrogen-bond acceptors (Lipinski definition) is 2. The van der Waals surface area contributed by atoms with E-state index in [-0.39, 0.29) is 0 Å². The van der Waals surface area contributed by atoms with Crippen molar-refractivity contribution in [2.75, 3.05) is 0 Å². The zero-order valence-electron chi connectivity index (χ0n) is 8.83. The van der Waals surface area contributed by atoms with E-state index in [1.54, 1.807) is 0 Å². The van der Waals surface area contributed by atoms with Gasteiger partial charge in [-0.05, 0) is 27.9 Å². The minimum atomic E-state index is 0.335. The van der Waals surface area contributed by atoms with E-state index in [0.29, 0.717) is 12.1 Å². The van der Waals surface area contributed by atoms with Gasteiger partial charge in [-0.2, -0.15) is 0 Å². The zero-order chi connectivity index (χ0) is 11.5. The topological polar surface area (TPSA) is 45.8 Å². The Labute approximate surface area is 102 Å². The predicted molar refractivity (Wildman–Crippen MR) is 66.5 cm³/mol. The second kappa shape index (κ2) is 4.61. The van der Waals surface area contributed by atoms with Gasteiger partial charge in [0.2, 0.25) is 0 Å². The van der Waals surface area contributed by atoms with Crippen molar-refractivity contribution >= 4 is 22.2 Å². The minimum absolute atomic E-state index is 0.335. The summed E-state index contributed by atoms with van der Waals surface area (Å²) >= 11 is 3.35. The van der Waals surface area contributed by atoms with Crippen LogP contribution in [0.15, 0.2) is 28.9 Å². The number of aromatic nitrogens is 2. The average molecular weight is 279 g/mol. The molecule has 1 aromatic carbocycles.